The van der Waals surface area contributed by atoms with E-state index >= 15 is 0 Å². The number of anilines is 1. The highest BCUT2D eigenvalue weighted by Gasteiger charge is 2.29. The molecule has 162 valence electrons. The lowest BCUT2D eigenvalue weighted by atomic mass is 10.0. The molecule has 0 saturated carbocycles. The van der Waals surface area contributed by atoms with Crippen molar-refractivity contribution in [2.45, 2.75) is 19.4 Å². The van der Waals surface area contributed by atoms with Crippen molar-refractivity contribution in [3.8, 4) is 5.75 Å². The fourth-order valence-electron chi connectivity index (χ4n) is 3.67. The first kappa shape index (κ1) is 21.3. The van der Waals surface area contributed by atoms with Crippen molar-refractivity contribution in [1.82, 2.24) is 0 Å². The van der Waals surface area contributed by atoms with Crippen molar-refractivity contribution in [3.05, 3.63) is 95.6 Å². The van der Waals surface area contributed by atoms with E-state index in [0.717, 1.165) is 17.7 Å². The first-order valence-electron chi connectivity index (χ1n) is 10.4. The Kier molecular flexibility index (Phi) is 6.31. The summed E-state index contributed by atoms with van der Waals surface area (Å²) < 4.78 is 10.7. The van der Waals surface area contributed by atoms with Gasteiger partial charge in [0.15, 0.2) is 18.5 Å². The highest BCUT2D eigenvalue weighted by atomic mass is 16.6. The lowest BCUT2D eigenvalue weighted by Crippen LogP contribution is -2.39. The van der Waals surface area contributed by atoms with Gasteiger partial charge >= 0.3 is 5.97 Å². The second kappa shape index (κ2) is 9.47. The molecule has 6 nitrogen and oxygen atoms in total. The average molecular weight is 429 g/mol. The van der Waals surface area contributed by atoms with Crippen LogP contribution in [-0.4, -0.2) is 36.9 Å². The number of hydrogen-bond donors (Lipinski definition) is 0. The molecule has 0 aliphatic carbocycles. The first-order valence-corrected chi connectivity index (χ1v) is 10.4. The van der Waals surface area contributed by atoms with E-state index in [1.165, 1.54) is 0 Å². The van der Waals surface area contributed by atoms with E-state index in [2.05, 4.69) is 0 Å². The summed E-state index contributed by atoms with van der Waals surface area (Å²) in [5, 5.41) is 0. The molecule has 0 saturated heterocycles. The Bertz CT molecular complexity index is 1120. The zero-order valence-electron chi connectivity index (χ0n) is 17.7. The predicted octanol–water partition coefficient (Wildman–Crippen LogP) is 3.82. The van der Waals surface area contributed by atoms with Gasteiger partial charge in [0, 0.05) is 23.4 Å². The Morgan fingerprint density at radius 1 is 0.875 bits per heavy atom. The van der Waals surface area contributed by atoms with Crippen molar-refractivity contribution in [1.29, 1.82) is 0 Å². The van der Waals surface area contributed by atoms with E-state index in [1.54, 1.807) is 48.2 Å². The van der Waals surface area contributed by atoms with Gasteiger partial charge in [-0.2, -0.15) is 0 Å². The maximum atomic E-state index is 12.7. The molecule has 3 aromatic rings. The van der Waals surface area contributed by atoms with E-state index in [1.807, 2.05) is 42.5 Å². The van der Waals surface area contributed by atoms with Gasteiger partial charge in [0.1, 0.15) is 5.75 Å². The van der Waals surface area contributed by atoms with Crippen LogP contribution in [0.5, 0.6) is 5.75 Å². The summed E-state index contributed by atoms with van der Waals surface area (Å²) in [6, 6.07) is 23.2. The van der Waals surface area contributed by atoms with E-state index in [0.29, 0.717) is 23.4 Å². The number of ketones is 1. The van der Waals surface area contributed by atoms with Crippen LogP contribution >= 0.6 is 0 Å². The molecule has 0 radical (unpaired) electrons. The van der Waals surface area contributed by atoms with E-state index < -0.39 is 12.1 Å². The van der Waals surface area contributed by atoms with Crippen LogP contribution in [0.15, 0.2) is 78.9 Å². The zero-order chi connectivity index (χ0) is 22.5. The molecule has 6 heteroatoms. The molecule has 1 unspecified atom stereocenters. The Morgan fingerprint density at radius 3 is 2.28 bits per heavy atom. The maximum absolute atomic E-state index is 12.7. The number of ether oxygens (including phenoxy) is 2. The standard InChI is InChI=1S/C26H23NO5/c1-18(26(30)27-16-15-19-7-5-6-10-23(19)27)32-24(28)17-31-22-13-11-21(12-14-22)25(29)20-8-3-2-4-9-20/h2-14,18H,15-17H2,1H3. The molecule has 3 aromatic carbocycles. The summed E-state index contributed by atoms with van der Waals surface area (Å²) in [5.41, 5.74) is 3.10. The highest BCUT2D eigenvalue weighted by Crippen LogP contribution is 2.28. The Labute approximate surface area is 186 Å². The number of fused-ring (bicyclic) bond motifs is 1. The smallest absolute Gasteiger partial charge is 0.344 e. The van der Waals surface area contributed by atoms with E-state index in [4.69, 9.17) is 9.47 Å². The van der Waals surface area contributed by atoms with Crippen LogP contribution in [0, 0.1) is 0 Å². The molecule has 1 amide bonds. The fraction of sp³-hybridized carbons (Fsp3) is 0.192. The van der Waals surface area contributed by atoms with Crippen LogP contribution in [0.25, 0.3) is 0 Å². The monoisotopic (exact) mass is 429 g/mol. The normalized spacial score (nSPS) is 13.2. The van der Waals surface area contributed by atoms with Gasteiger partial charge in [0.05, 0.1) is 0 Å². The summed E-state index contributed by atoms with van der Waals surface area (Å²) in [7, 11) is 0. The van der Waals surface area contributed by atoms with Crippen molar-refractivity contribution in [2.75, 3.05) is 18.1 Å². The van der Waals surface area contributed by atoms with Crippen LogP contribution in [0.1, 0.15) is 28.4 Å². The molecule has 1 atom stereocenters. The quantitative estimate of drug-likeness (QED) is 0.422. The van der Waals surface area contributed by atoms with Crippen molar-refractivity contribution in [3.63, 3.8) is 0 Å². The third-order valence-electron chi connectivity index (χ3n) is 5.32. The van der Waals surface area contributed by atoms with Crippen LogP contribution in [0.4, 0.5) is 5.69 Å². The number of benzene rings is 3. The van der Waals surface area contributed by atoms with Crippen molar-refractivity contribution >= 4 is 23.3 Å². The van der Waals surface area contributed by atoms with Gasteiger partial charge in [-0.3, -0.25) is 9.59 Å². The lowest BCUT2D eigenvalue weighted by molar-refractivity contribution is -0.155. The molecule has 0 fully saturated rings. The van der Waals surface area contributed by atoms with Crippen molar-refractivity contribution in [2.24, 2.45) is 0 Å². The molecule has 1 aliphatic rings. The summed E-state index contributed by atoms with van der Waals surface area (Å²) in [5.74, 6) is -0.554. The largest absolute Gasteiger partial charge is 0.482 e. The third kappa shape index (κ3) is 4.70. The van der Waals surface area contributed by atoms with Gasteiger partial charge in [-0.15, -0.1) is 0 Å². The number of esters is 1. The van der Waals surface area contributed by atoms with Crippen molar-refractivity contribution < 1.29 is 23.9 Å². The maximum Gasteiger partial charge on any atom is 0.344 e. The van der Waals surface area contributed by atoms with Crippen LogP contribution in [0.3, 0.4) is 0 Å². The summed E-state index contributed by atoms with van der Waals surface area (Å²) in [6.45, 7) is 1.80. The number of para-hydroxylation sites is 1. The highest BCUT2D eigenvalue weighted by molar-refractivity contribution is 6.09. The molecule has 0 bridgehead atoms. The number of amides is 1. The number of rotatable bonds is 7. The van der Waals surface area contributed by atoms with E-state index in [-0.39, 0.29) is 18.3 Å². The topological polar surface area (TPSA) is 72.9 Å². The van der Waals surface area contributed by atoms with Crippen LogP contribution in [-0.2, 0) is 20.7 Å². The average Bonchev–Trinajstić information content (AvgIpc) is 3.27. The molecule has 0 aromatic heterocycles. The molecule has 0 N–H and O–H groups in total. The fourth-order valence-corrected chi connectivity index (χ4v) is 3.67. The number of carbonyl (C=O) groups is 3. The summed E-state index contributed by atoms with van der Waals surface area (Å²) in [4.78, 5) is 39.0. The SMILES string of the molecule is CC(OC(=O)COc1ccc(C(=O)c2ccccc2)cc1)C(=O)N1CCc2ccccc21. The minimum absolute atomic E-state index is 0.0904. The molecular formula is C26H23NO5. The third-order valence-corrected chi connectivity index (χ3v) is 5.32. The molecular weight excluding hydrogens is 406 g/mol. The van der Waals surface area contributed by atoms with Crippen LogP contribution < -0.4 is 9.64 Å². The zero-order valence-corrected chi connectivity index (χ0v) is 17.7. The summed E-state index contributed by atoms with van der Waals surface area (Å²) in [6.07, 6.45) is -0.128. The van der Waals surface area contributed by atoms with Crippen LogP contribution in [0.2, 0.25) is 0 Å². The van der Waals surface area contributed by atoms with Gasteiger partial charge < -0.3 is 14.4 Å². The van der Waals surface area contributed by atoms with Gasteiger partial charge in [0.25, 0.3) is 5.91 Å². The molecule has 0 spiro atoms. The second-order valence-corrected chi connectivity index (χ2v) is 7.51. The minimum atomic E-state index is -0.914. The lowest BCUT2D eigenvalue weighted by Gasteiger charge is -2.21. The molecule has 4 rings (SSSR count). The Balaban J connectivity index is 1.28. The van der Waals surface area contributed by atoms with Gasteiger partial charge in [0.2, 0.25) is 0 Å². The molecule has 1 heterocycles. The van der Waals surface area contributed by atoms with Gasteiger partial charge in [-0.1, -0.05) is 48.5 Å². The Hall–Kier alpha value is -3.93. The second-order valence-electron chi connectivity index (χ2n) is 7.51. The summed E-state index contributed by atoms with van der Waals surface area (Å²) >= 11 is 0. The number of nitrogens with zero attached hydrogens (tertiary/aromatic N) is 1. The number of hydrogen-bond acceptors (Lipinski definition) is 5. The first-order chi connectivity index (χ1) is 15.5. The van der Waals surface area contributed by atoms with E-state index in [9.17, 15) is 14.4 Å². The molecule has 1 aliphatic heterocycles. The predicted molar refractivity (Wildman–Crippen MR) is 120 cm³/mol. The number of carbonyl (C=O) groups excluding carboxylic acids is 3. The molecule has 32 heavy (non-hydrogen) atoms. The Morgan fingerprint density at radius 2 is 1.53 bits per heavy atom. The van der Waals surface area contributed by atoms with Gasteiger partial charge in [-0.25, -0.2) is 4.79 Å². The minimum Gasteiger partial charge on any atom is -0.482 e. The van der Waals surface area contributed by atoms with Gasteiger partial charge in [-0.05, 0) is 49.2 Å².